The molecule has 2 aromatic rings. The lowest BCUT2D eigenvalue weighted by Crippen LogP contribution is -2.18. The molecular formula is C16H23N3OS. The third kappa shape index (κ3) is 6.33. The number of aromatic nitrogens is 2. The van der Waals surface area contributed by atoms with E-state index in [-0.39, 0.29) is 0 Å². The minimum Gasteiger partial charge on any atom is -0.383 e. The zero-order valence-electron chi connectivity index (χ0n) is 12.5. The Hall–Kier alpha value is -1.30. The van der Waals surface area contributed by atoms with Gasteiger partial charge in [0.25, 0.3) is 0 Å². The van der Waals surface area contributed by atoms with Gasteiger partial charge in [0.15, 0.2) is 0 Å². The standard InChI is InChI=1S/C16H23N3OS/c1-20-11-8-17-13-15-3-5-16(6-4-15)21-12-2-9-19-10-7-18-14-19/h3-7,10,14,17H,2,8-9,11-13H2,1H3. The van der Waals surface area contributed by atoms with Gasteiger partial charge in [0.05, 0.1) is 12.9 Å². The molecule has 0 bridgehead atoms. The second kappa shape index (κ2) is 9.60. The van der Waals surface area contributed by atoms with Gasteiger partial charge in [0.1, 0.15) is 0 Å². The fraction of sp³-hybridized carbons (Fsp3) is 0.438. The van der Waals surface area contributed by atoms with Crippen LogP contribution in [0.25, 0.3) is 0 Å². The summed E-state index contributed by atoms with van der Waals surface area (Å²) in [6.45, 7) is 3.58. The smallest absolute Gasteiger partial charge is 0.0945 e. The molecule has 2 rings (SSSR count). The quantitative estimate of drug-likeness (QED) is 0.541. The van der Waals surface area contributed by atoms with E-state index in [2.05, 4.69) is 39.1 Å². The summed E-state index contributed by atoms with van der Waals surface area (Å²) >= 11 is 1.91. The summed E-state index contributed by atoms with van der Waals surface area (Å²) in [5.41, 5.74) is 1.31. The molecule has 0 saturated heterocycles. The van der Waals surface area contributed by atoms with E-state index in [1.807, 2.05) is 30.5 Å². The van der Waals surface area contributed by atoms with Crippen molar-refractivity contribution in [3.8, 4) is 0 Å². The zero-order valence-corrected chi connectivity index (χ0v) is 13.3. The van der Waals surface area contributed by atoms with Crippen LogP contribution in [0.1, 0.15) is 12.0 Å². The first-order valence-electron chi connectivity index (χ1n) is 7.25. The molecule has 1 heterocycles. The Kier molecular flexibility index (Phi) is 7.35. The predicted octanol–water partition coefficient (Wildman–Crippen LogP) is 2.80. The Morgan fingerprint density at radius 2 is 2.14 bits per heavy atom. The van der Waals surface area contributed by atoms with Crippen molar-refractivity contribution in [1.29, 1.82) is 0 Å². The van der Waals surface area contributed by atoms with E-state index in [9.17, 15) is 0 Å². The first-order valence-corrected chi connectivity index (χ1v) is 8.24. The minimum absolute atomic E-state index is 0.755. The summed E-state index contributed by atoms with van der Waals surface area (Å²) in [6, 6.07) is 8.79. The molecule has 0 amide bonds. The van der Waals surface area contributed by atoms with Crippen LogP contribution in [0.4, 0.5) is 0 Å². The first kappa shape index (κ1) is 16.1. The molecule has 5 heteroatoms. The van der Waals surface area contributed by atoms with Gasteiger partial charge in [-0.3, -0.25) is 0 Å². The SMILES string of the molecule is COCCNCc1ccc(SCCCn2ccnc2)cc1. The van der Waals surface area contributed by atoms with E-state index in [4.69, 9.17) is 4.74 Å². The fourth-order valence-corrected chi connectivity index (χ4v) is 2.80. The van der Waals surface area contributed by atoms with Crippen LogP contribution in [0.15, 0.2) is 47.9 Å². The van der Waals surface area contributed by atoms with Crippen molar-refractivity contribution in [3.05, 3.63) is 48.5 Å². The maximum Gasteiger partial charge on any atom is 0.0945 e. The average molecular weight is 305 g/mol. The molecule has 1 aromatic heterocycles. The van der Waals surface area contributed by atoms with Crippen molar-refractivity contribution in [2.24, 2.45) is 0 Å². The lowest BCUT2D eigenvalue weighted by Gasteiger charge is -2.06. The summed E-state index contributed by atoms with van der Waals surface area (Å²) in [6.07, 6.45) is 6.86. The van der Waals surface area contributed by atoms with Crippen molar-refractivity contribution in [1.82, 2.24) is 14.9 Å². The number of methoxy groups -OCH3 is 1. The van der Waals surface area contributed by atoms with Crippen LogP contribution in [-0.2, 0) is 17.8 Å². The Morgan fingerprint density at radius 1 is 1.29 bits per heavy atom. The van der Waals surface area contributed by atoms with Gasteiger partial charge in [-0.2, -0.15) is 0 Å². The second-order valence-corrected chi connectivity index (χ2v) is 5.98. The number of rotatable bonds is 10. The fourth-order valence-electron chi connectivity index (χ4n) is 1.97. The van der Waals surface area contributed by atoms with Crippen molar-refractivity contribution >= 4 is 11.8 Å². The van der Waals surface area contributed by atoms with E-state index >= 15 is 0 Å². The Morgan fingerprint density at radius 3 is 2.86 bits per heavy atom. The third-order valence-corrected chi connectivity index (χ3v) is 4.22. The number of aryl methyl sites for hydroxylation is 1. The van der Waals surface area contributed by atoms with E-state index in [1.165, 1.54) is 10.5 Å². The van der Waals surface area contributed by atoms with Gasteiger partial charge >= 0.3 is 0 Å². The molecule has 1 aromatic carbocycles. The van der Waals surface area contributed by atoms with Crippen LogP contribution >= 0.6 is 11.8 Å². The van der Waals surface area contributed by atoms with Crippen LogP contribution in [0.5, 0.6) is 0 Å². The summed E-state index contributed by atoms with van der Waals surface area (Å²) in [5.74, 6) is 1.13. The molecule has 0 aliphatic rings. The minimum atomic E-state index is 0.755. The molecule has 0 atom stereocenters. The molecule has 21 heavy (non-hydrogen) atoms. The van der Waals surface area contributed by atoms with Crippen molar-refractivity contribution in [3.63, 3.8) is 0 Å². The topological polar surface area (TPSA) is 39.1 Å². The summed E-state index contributed by atoms with van der Waals surface area (Å²) in [5, 5.41) is 3.35. The number of ether oxygens (including phenoxy) is 1. The molecule has 4 nitrogen and oxygen atoms in total. The third-order valence-electron chi connectivity index (χ3n) is 3.12. The van der Waals surface area contributed by atoms with Crippen molar-refractivity contribution in [2.75, 3.05) is 26.0 Å². The highest BCUT2D eigenvalue weighted by Crippen LogP contribution is 2.19. The Bertz CT molecular complexity index is 485. The van der Waals surface area contributed by atoms with Gasteiger partial charge in [-0.25, -0.2) is 4.98 Å². The Labute approximate surface area is 130 Å². The van der Waals surface area contributed by atoms with E-state index < -0.39 is 0 Å². The van der Waals surface area contributed by atoms with E-state index in [0.717, 1.165) is 38.4 Å². The van der Waals surface area contributed by atoms with Crippen LogP contribution < -0.4 is 5.32 Å². The number of nitrogens with one attached hydrogen (secondary N) is 1. The van der Waals surface area contributed by atoms with E-state index in [0.29, 0.717) is 0 Å². The molecular weight excluding hydrogens is 282 g/mol. The maximum atomic E-state index is 5.01. The highest BCUT2D eigenvalue weighted by Gasteiger charge is 1.97. The largest absolute Gasteiger partial charge is 0.383 e. The highest BCUT2D eigenvalue weighted by atomic mass is 32.2. The molecule has 0 saturated carbocycles. The number of thioether (sulfide) groups is 1. The molecule has 0 spiro atoms. The van der Waals surface area contributed by atoms with Gasteiger partial charge in [-0.05, 0) is 29.9 Å². The van der Waals surface area contributed by atoms with Gasteiger partial charge in [0.2, 0.25) is 0 Å². The van der Waals surface area contributed by atoms with Crippen LogP contribution in [0.3, 0.4) is 0 Å². The predicted molar refractivity (Wildman–Crippen MR) is 87.6 cm³/mol. The number of imidazole rings is 1. The normalized spacial score (nSPS) is 10.9. The zero-order chi connectivity index (χ0) is 14.8. The van der Waals surface area contributed by atoms with Crippen LogP contribution in [0, 0.1) is 0 Å². The van der Waals surface area contributed by atoms with Gasteiger partial charge in [-0.1, -0.05) is 12.1 Å². The number of hydrogen-bond acceptors (Lipinski definition) is 4. The monoisotopic (exact) mass is 305 g/mol. The number of hydrogen-bond donors (Lipinski definition) is 1. The second-order valence-electron chi connectivity index (χ2n) is 4.82. The van der Waals surface area contributed by atoms with Crippen molar-refractivity contribution in [2.45, 2.75) is 24.4 Å². The van der Waals surface area contributed by atoms with Gasteiger partial charge in [0, 0.05) is 44.0 Å². The van der Waals surface area contributed by atoms with Crippen LogP contribution in [0.2, 0.25) is 0 Å². The Balaban J connectivity index is 1.62. The summed E-state index contributed by atoms with van der Waals surface area (Å²) < 4.78 is 7.13. The van der Waals surface area contributed by atoms with Gasteiger partial charge < -0.3 is 14.6 Å². The van der Waals surface area contributed by atoms with E-state index in [1.54, 1.807) is 7.11 Å². The summed E-state index contributed by atoms with van der Waals surface area (Å²) in [4.78, 5) is 5.38. The lowest BCUT2D eigenvalue weighted by molar-refractivity contribution is 0.199. The molecule has 0 aliphatic carbocycles. The van der Waals surface area contributed by atoms with Crippen molar-refractivity contribution < 1.29 is 4.74 Å². The molecule has 0 aliphatic heterocycles. The van der Waals surface area contributed by atoms with Crippen LogP contribution in [-0.4, -0.2) is 35.6 Å². The highest BCUT2D eigenvalue weighted by molar-refractivity contribution is 7.99. The number of nitrogens with zero attached hydrogens (tertiary/aromatic N) is 2. The van der Waals surface area contributed by atoms with Gasteiger partial charge in [-0.15, -0.1) is 11.8 Å². The average Bonchev–Trinajstić information content (AvgIpc) is 3.03. The molecule has 114 valence electrons. The lowest BCUT2D eigenvalue weighted by atomic mass is 10.2. The molecule has 1 N–H and O–H groups in total. The number of benzene rings is 1. The first-order chi connectivity index (χ1) is 10.4. The summed E-state index contributed by atoms with van der Waals surface area (Å²) in [7, 11) is 1.72. The molecule has 0 radical (unpaired) electrons. The molecule has 0 unspecified atom stereocenters. The molecule has 0 fully saturated rings. The maximum absolute atomic E-state index is 5.01.